The molecule has 6 nitrogen and oxygen atoms in total. The van der Waals surface area contributed by atoms with Crippen LogP contribution >= 0.6 is 11.6 Å². The Balaban J connectivity index is 1.90. The van der Waals surface area contributed by atoms with Gasteiger partial charge in [0.2, 0.25) is 5.88 Å². The maximum absolute atomic E-state index is 5.83. The van der Waals surface area contributed by atoms with Gasteiger partial charge in [-0.2, -0.15) is 0 Å². The fourth-order valence-electron chi connectivity index (χ4n) is 2.18. The third-order valence-corrected chi connectivity index (χ3v) is 3.38. The molecular formula is C15H15ClN4O2. The molecule has 0 unspecified atom stereocenters. The van der Waals surface area contributed by atoms with Gasteiger partial charge in [-0.3, -0.25) is 0 Å². The number of hydrogen-bond acceptors (Lipinski definition) is 5. The Morgan fingerprint density at radius 2 is 2.09 bits per heavy atom. The van der Waals surface area contributed by atoms with E-state index in [4.69, 9.17) is 21.1 Å². The fraction of sp³-hybridized carbons (Fsp3) is 0.267. The highest BCUT2D eigenvalue weighted by Crippen LogP contribution is 2.27. The van der Waals surface area contributed by atoms with Crippen LogP contribution in [0.4, 0.5) is 0 Å². The van der Waals surface area contributed by atoms with Crippen LogP contribution in [0.2, 0.25) is 5.15 Å². The molecule has 2 heterocycles. The number of ether oxygens (including phenoxy) is 2. The van der Waals surface area contributed by atoms with Gasteiger partial charge in [-0.15, -0.1) is 0 Å². The summed E-state index contributed by atoms with van der Waals surface area (Å²) in [6, 6.07) is 5.37. The zero-order valence-electron chi connectivity index (χ0n) is 12.3. The minimum atomic E-state index is 0.339. The van der Waals surface area contributed by atoms with Crippen molar-refractivity contribution in [3.63, 3.8) is 0 Å². The van der Waals surface area contributed by atoms with Crippen LogP contribution in [-0.2, 0) is 11.2 Å². The van der Waals surface area contributed by atoms with E-state index in [1.165, 1.54) is 6.33 Å². The average Bonchev–Trinajstić information content (AvgIpc) is 2.88. The molecule has 1 N–H and O–H groups in total. The summed E-state index contributed by atoms with van der Waals surface area (Å²) in [7, 11) is 1.67. The van der Waals surface area contributed by atoms with Crippen molar-refractivity contribution < 1.29 is 9.47 Å². The highest BCUT2D eigenvalue weighted by Gasteiger charge is 2.09. The number of benzene rings is 1. The number of aryl methyl sites for hydroxylation is 1. The molecule has 0 amide bonds. The predicted octanol–water partition coefficient (Wildman–Crippen LogP) is 3.30. The summed E-state index contributed by atoms with van der Waals surface area (Å²) in [6.45, 7) is 2.62. The van der Waals surface area contributed by atoms with Crippen molar-refractivity contribution in [1.29, 1.82) is 0 Å². The first kappa shape index (κ1) is 14.7. The van der Waals surface area contributed by atoms with Crippen molar-refractivity contribution in [2.45, 2.75) is 13.3 Å². The highest BCUT2D eigenvalue weighted by atomic mass is 35.5. The molecule has 0 fully saturated rings. The third-order valence-electron chi connectivity index (χ3n) is 3.17. The van der Waals surface area contributed by atoms with Crippen LogP contribution in [0, 0.1) is 6.92 Å². The summed E-state index contributed by atoms with van der Waals surface area (Å²) in [5.41, 5.74) is 2.87. The second-order valence-corrected chi connectivity index (χ2v) is 5.23. The lowest BCUT2D eigenvalue weighted by Crippen LogP contribution is -1.95. The molecule has 0 saturated carbocycles. The van der Waals surface area contributed by atoms with Gasteiger partial charge in [-0.05, 0) is 18.6 Å². The zero-order chi connectivity index (χ0) is 15.5. The number of aromatic nitrogens is 4. The Morgan fingerprint density at radius 1 is 1.23 bits per heavy atom. The summed E-state index contributed by atoms with van der Waals surface area (Å²) < 4.78 is 10.8. The maximum atomic E-state index is 5.83. The Morgan fingerprint density at radius 3 is 2.86 bits per heavy atom. The minimum Gasteiger partial charge on any atom is -0.439 e. The van der Waals surface area contributed by atoms with Crippen LogP contribution in [0.15, 0.2) is 24.5 Å². The second kappa shape index (κ2) is 6.29. The van der Waals surface area contributed by atoms with E-state index in [9.17, 15) is 0 Å². The molecule has 0 radical (unpaired) electrons. The molecule has 0 spiro atoms. The van der Waals surface area contributed by atoms with E-state index in [-0.39, 0.29) is 0 Å². The Hall–Kier alpha value is -2.18. The van der Waals surface area contributed by atoms with Crippen LogP contribution in [0.5, 0.6) is 11.6 Å². The van der Waals surface area contributed by atoms with Crippen molar-refractivity contribution in [3.8, 4) is 11.6 Å². The van der Waals surface area contributed by atoms with Crippen LogP contribution < -0.4 is 4.74 Å². The summed E-state index contributed by atoms with van der Waals surface area (Å²) in [4.78, 5) is 15.7. The molecule has 0 aliphatic rings. The Bertz CT molecular complexity index is 803. The van der Waals surface area contributed by atoms with E-state index in [0.29, 0.717) is 23.4 Å². The fourth-order valence-corrected chi connectivity index (χ4v) is 2.32. The molecule has 0 bridgehead atoms. The number of methoxy groups -OCH3 is 1. The molecule has 0 aliphatic heterocycles. The number of nitrogens with one attached hydrogen (secondary N) is 1. The van der Waals surface area contributed by atoms with E-state index in [1.54, 1.807) is 13.2 Å². The summed E-state index contributed by atoms with van der Waals surface area (Å²) in [5, 5.41) is 0.339. The van der Waals surface area contributed by atoms with E-state index >= 15 is 0 Å². The Labute approximate surface area is 132 Å². The molecule has 3 rings (SSSR count). The third kappa shape index (κ3) is 3.18. The van der Waals surface area contributed by atoms with E-state index in [0.717, 1.165) is 28.8 Å². The molecule has 3 aromatic rings. The molecule has 0 atom stereocenters. The van der Waals surface area contributed by atoms with E-state index in [1.807, 2.05) is 19.1 Å². The van der Waals surface area contributed by atoms with E-state index in [2.05, 4.69) is 19.9 Å². The first-order valence-electron chi connectivity index (χ1n) is 6.79. The molecular weight excluding hydrogens is 304 g/mol. The quantitative estimate of drug-likeness (QED) is 0.731. The van der Waals surface area contributed by atoms with Crippen LogP contribution in [-0.4, -0.2) is 33.7 Å². The van der Waals surface area contributed by atoms with Gasteiger partial charge in [0.1, 0.15) is 23.1 Å². The van der Waals surface area contributed by atoms with Crippen molar-refractivity contribution in [1.82, 2.24) is 19.9 Å². The van der Waals surface area contributed by atoms with Crippen molar-refractivity contribution in [2.75, 3.05) is 13.7 Å². The second-order valence-electron chi connectivity index (χ2n) is 4.84. The van der Waals surface area contributed by atoms with Gasteiger partial charge in [-0.25, -0.2) is 15.0 Å². The maximum Gasteiger partial charge on any atom is 0.223 e. The lowest BCUT2D eigenvalue weighted by atomic mass is 10.2. The number of H-pyrrole nitrogens is 1. The number of aromatic amines is 1. The molecule has 1 aromatic carbocycles. The van der Waals surface area contributed by atoms with E-state index < -0.39 is 0 Å². The van der Waals surface area contributed by atoms with Crippen LogP contribution in [0.3, 0.4) is 0 Å². The lowest BCUT2D eigenvalue weighted by Gasteiger charge is -2.05. The van der Waals surface area contributed by atoms with Crippen molar-refractivity contribution in [3.05, 3.63) is 41.1 Å². The summed E-state index contributed by atoms with van der Waals surface area (Å²) >= 11 is 5.83. The normalized spacial score (nSPS) is 11.0. The minimum absolute atomic E-state index is 0.339. The summed E-state index contributed by atoms with van der Waals surface area (Å²) in [6.07, 6.45) is 2.10. The van der Waals surface area contributed by atoms with Gasteiger partial charge in [-0.1, -0.05) is 11.6 Å². The number of halogens is 1. The number of imidazole rings is 1. The average molecular weight is 319 g/mol. The monoisotopic (exact) mass is 318 g/mol. The first-order valence-corrected chi connectivity index (χ1v) is 7.17. The van der Waals surface area contributed by atoms with Gasteiger partial charge >= 0.3 is 0 Å². The van der Waals surface area contributed by atoms with Crippen molar-refractivity contribution in [2.24, 2.45) is 0 Å². The molecule has 22 heavy (non-hydrogen) atoms. The number of fused-ring (bicyclic) bond motifs is 1. The van der Waals surface area contributed by atoms with Gasteiger partial charge in [0.15, 0.2) is 0 Å². The lowest BCUT2D eigenvalue weighted by molar-refractivity contribution is 0.201. The standard InChI is InChI=1S/C15H15ClN4O2/c1-9-5-10(22-14-7-12(16)17-8-18-14)6-11-15(9)20-13(19-11)3-4-21-2/h5-8H,3-4H2,1-2H3,(H,19,20). The summed E-state index contributed by atoms with van der Waals surface area (Å²) in [5.74, 6) is 1.96. The predicted molar refractivity (Wildman–Crippen MR) is 83.5 cm³/mol. The number of nitrogens with zero attached hydrogens (tertiary/aromatic N) is 3. The van der Waals surface area contributed by atoms with Gasteiger partial charge in [0, 0.05) is 25.7 Å². The number of hydrogen-bond donors (Lipinski definition) is 1. The first-order chi connectivity index (χ1) is 10.7. The molecule has 2 aromatic heterocycles. The van der Waals surface area contributed by atoms with Crippen molar-refractivity contribution >= 4 is 22.6 Å². The smallest absolute Gasteiger partial charge is 0.223 e. The van der Waals surface area contributed by atoms with Gasteiger partial charge in [0.05, 0.1) is 17.6 Å². The molecule has 0 saturated heterocycles. The SMILES string of the molecule is COCCc1nc2c(C)cc(Oc3cc(Cl)ncn3)cc2[nH]1. The topological polar surface area (TPSA) is 72.9 Å². The number of rotatable bonds is 5. The largest absolute Gasteiger partial charge is 0.439 e. The zero-order valence-corrected chi connectivity index (χ0v) is 13.0. The molecule has 114 valence electrons. The van der Waals surface area contributed by atoms with Crippen LogP contribution in [0.1, 0.15) is 11.4 Å². The molecule has 0 aliphatic carbocycles. The van der Waals surface area contributed by atoms with Gasteiger partial charge < -0.3 is 14.5 Å². The van der Waals surface area contributed by atoms with Crippen LogP contribution in [0.25, 0.3) is 11.0 Å². The van der Waals surface area contributed by atoms with Gasteiger partial charge in [0.25, 0.3) is 0 Å². The molecule has 7 heteroatoms. The highest BCUT2D eigenvalue weighted by molar-refractivity contribution is 6.29. The Kier molecular flexibility index (Phi) is 4.22.